The number of benzene rings is 2. The molecule has 9 nitrogen and oxygen atoms in total. The molecular formula is C19H20O9. The Bertz CT molecular complexity index is 841. The molecule has 1 aliphatic heterocycles. The summed E-state index contributed by atoms with van der Waals surface area (Å²) in [6, 6.07) is 7.35. The van der Waals surface area contributed by atoms with Gasteiger partial charge >= 0.3 is 0 Å². The zero-order valence-electron chi connectivity index (χ0n) is 14.8. The fourth-order valence-corrected chi connectivity index (χ4v) is 2.89. The molecule has 0 aliphatic carbocycles. The van der Waals surface area contributed by atoms with Crippen LogP contribution in [0.4, 0.5) is 0 Å². The van der Waals surface area contributed by atoms with Gasteiger partial charge in [-0.2, -0.15) is 0 Å². The molecule has 5 atom stereocenters. The lowest BCUT2D eigenvalue weighted by molar-refractivity contribution is -0.268. The molecular weight excluding hydrogens is 372 g/mol. The summed E-state index contributed by atoms with van der Waals surface area (Å²) in [5.74, 6) is -2.00. The number of aliphatic hydroxyl groups is 3. The van der Waals surface area contributed by atoms with Crippen molar-refractivity contribution in [2.45, 2.75) is 37.6 Å². The third-order valence-electron chi connectivity index (χ3n) is 4.49. The van der Waals surface area contributed by atoms with Crippen molar-refractivity contribution < 1.29 is 44.9 Å². The van der Waals surface area contributed by atoms with E-state index in [1.165, 1.54) is 31.2 Å². The van der Waals surface area contributed by atoms with Crippen molar-refractivity contribution in [3.05, 3.63) is 47.5 Å². The van der Waals surface area contributed by atoms with Crippen LogP contribution in [0.2, 0.25) is 0 Å². The average molecular weight is 392 g/mol. The van der Waals surface area contributed by atoms with Crippen LogP contribution in [-0.4, -0.2) is 67.1 Å². The summed E-state index contributed by atoms with van der Waals surface area (Å²) in [5, 5.41) is 59.2. The summed E-state index contributed by atoms with van der Waals surface area (Å²) in [7, 11) is 0. The number of carbonyl (C=O) groups is 1. The Labute approximate surface area is 159 Å². The van der Waals surface area contributed by atoms with Gasteiger partial charge in [-0.3, -0.25) is 4.79 Å². The lowest BCUT2D eigenvalue weighted by atomic mass is 10.00. The normalized spacial score (nSPS) is 27.4. The van der Waals surface area contributed by atoms with Crippen LogP contribution in [0.15, 0.2) is 36.4 Å². The molecule has 1 fully saturated rings. The number of ketones is 1. The van der Waals surface area contributed by atoms with Crippen LogP contribution in [0.25, 0.3) is 0 Å². The number of aliphatic hydroxyl groups excluding tert-OH is 3. The molecule has 0 bridgehead atoms. The molecule has 1 heterocycles. The van der Waals surface area contributed by atoms with Crippen LogP contribution in [-0.2, 0) is 4.74 Å². The minimum Gasteiger partial charge on any atom is -0.508 e. The maximum atomic E-state index is 12.5. The zero-order valence-corrected chi connectivity index (χ0v) is 14.8. The van der Waals surface area contributed by atoms with Gasteiger partial charge in [0.25, 0.3) is 0 Å². The van der Waals surface area contributed by atoms with Crippen molar-refractivity contribution in [2.24, 2.45) is 0 Å². The van der Waals surface area contributed by atoms with Crippen LogP contribution in [0.1, 0.15) is 22.8 Å². The van der Waals surface area contributed by atoms with Gasteiger partial charge in [-0.1, -0.05) is 0 Å². The Hall–Kier alpha value is -2.85. The molecule has 0 unspecified atom stereocenters. The van der Waals surface area contributed by atoms with Crippen molar-refractivity contribution in [1.82, 2.24) is 0 Å². The Morgan fingerprint density at radius 2 is 1.50 bits per heavy atom. The Morgan fingerprint density at radius 1 is 0.929 bits per heavy atom. The monoisotopic (exact) mass is 392 g/mol. The summed E-state index contributed by atoms with van der Waals surface area (Å²) in [6.07, 6.45) is -6.59. The van der Waals surface area contributed by atoms with E-state index in [0.29, 0.717) is 0 Å². The number of ether oxygens (including phenoxy) is 2. The summed E-state index contributed by atoms with van der Waals surface area (Å²) < 4.78 is 10.7. The molecule has 0 saturated carbocycles. The van der Waals surface area contributed by atoms with Gasteiger partial charge in [0.05, 0.1) is 6.10 Å². The van der Waals surface area contributed by atoms with Crippen molar-refractivity contribution in [3.63, 3.8) is 0 Å². The summed E-state index contributed by atoms with van der Waals surface area (Å²) in [4.78, 5) is 12.5. The van der Waals surface area contributed by atoms with E-state index >= 15 is 0 Å². The highest BCUT2D eigenvalue weighted by atomic mass is 16.7. The van der Waals surface area contributed by atoms with E-state index in [1.807, 2.05) is 0 Å². The molecule has 150 valence electrons. The van der Waals surface area contributed by atoms with Gasteiger partial charge in [0.1, 0.15) is 46.9 Å². The third kappa shape index (κ3) is 3.73. The SMILES string of the molecule is C[C@@H]1O[C@@H](Oc2cc(O)c(C(=O)c3ccc(O)cc3)c(O)c2)[C@H](O)[C@H](O)[C@H]1O. The third-order valence-corrected chi connectivity index (χ3v) is 4.49. The van der Waals surface area contributed by atoms with Gasteiger partial charge in [-0.15, -0.1) is 0 Å². The van der Waals surface area contributed by atoms with Crippen molar-refractivity contribution in [3.8, 4) is 23.0 Å². The Kier molecular flexibility index (Phi) is 5.43. The predicted molar refractivity (Wildman–Crippen MR) is 94.3 cm³/mol. The topological polar surface area (TPSA) is 157 Å². The second-order valence-corrected chi connectivity index (χ2v) is 6.51. The maximum absolute atomic E-state index is 12.5. The standard InChI is InChI=1S/C19H20O9/c1-8-15(23)17(25)18(26)19(27-8)28-11-6-12(21)14(13(22)7-11)16(24)9-2-4-10(20)5-3-9/h2-8,15,17-23,25-26H,1H3/t8-,15-,17+,18+,19-/m0/s1. The highest BCUT2D eigenvalue weighted by Gasteiger charge is 2.43. The summed E-state index contributed by atoms with van der Waals surface area (Å²) in [5.41, 5.74) is -0.235. The largest absolute Gasteiger partial charge is 0.508 e. The smallest absolute Gasteiger partial charge is 0.229 e. The maximum Gasteiger partial charge on any atom is 0.229 e. The number of phenols is 3. The van der Waals surface area contributed by atoms with Gasteiger partial charge in [-0.05, 0) is 31.2 Å². The van der Waals surface area contributed by atoms with E-state index in [0.717, 1.165) is 12.1 Å². The lowest BCUT2D eigenvalue weighted by Gasteiger charge is -2.38. The molecule has 6 N–H and O–H groups in total. The molecule has 3 rings (SSSR count). The van der Waals surface area contributed by atoms with Gasteiger partial charge < -0.3 is 40.1 Å². The molecule has 0 aromatic heterocycles. The van der Waals surface area contributed by atoms with Crippen LogP contribution >= 0.6 is 0 Å². The number of rotatable bonds is 4. The minimum absolute atomic E-state index is 0.0404. The van der Waals surface area contributed by atoms with Gasteiger partial charge in [0.2, 0.25) is 12.1 Å². The fraction of sp³-hybridized carbons (Fsp3) is 0.316. The van der Waals surface area contributed by atoms with Crippen molar-refractivity contribution in [1.29, 1.82) is 0 Å². The molecule has 2 aromatic carbocycles. The summed E-state index contributed by atoms with van der Waals surface area (Å²) >= 11 is 0. The van der Waals surface area contributed by atoms with Crippen molar-refractivity contribution >= 4 is 5.78 Å². The van der Waals surface area contributed by atoms with Gasteiger partial charge in [0, 0.05) is 17.7 Å². The number of hydrogen-bond acceptors (Lipinski definition) is 9. The van der Waals surface area contributed by atoms with Crippen molar-refractivity contribution in [2.75, 3.05) is 0 Å². The highest BCUT2D eigenvalue weighted by molar-refractivity contribution is 6.12. The quantitative estimate of drug-likeness (QED) is 0.401. The number of carbonyl (C=O) groups excluding carboxylic acids is 1. The Morgan fingerprint density at radius 3 is 2.07 bits per heavy atom. The van der Waals surface area contributed by atoms with E-state index in [1.54, 1.807) is 0 Å². The molecule has 0 amide bonds. The number of phenolic OH excluding ortho intramolecular Hbond substituents is 3. The molecule has 0 spiro atoms. The van der Waals surface area contributed by atoms with E-state index in [2.05, 4.69) is 0 Å². The number of hydrogen-bond donors (Lipinski definition) is 6. The molecule has 28 heavy (non-hydrogen) atoms. The predicted octanol–water partition coefficient (Wildman–Crippen LogP) is 0.241. The highest BCUT2D eigenvalue weighted by Crippen LogP contribution is 2.36. The van der Waals surface area contributed by atoms with E-state index in [-0.39, 0.29) is 22.6 Å². The minimum atomic E-state index is -1.58. The first kappa shape index (κ1) is 19.9. The number of aromatic hydroxyl groups is 3. The first-order chi connectivity index (χ1) is 13.2. The lowest BCUT2D eigenvalue weighted by Crippen LogP contribution is -2.58. The summed E-state index contributed by atoms with van der Waals surface area (Å²) in [6.45, 7) is 1.48. The first-order valence-corrected chi connectivity index (χ1v) is 8.45. The first-order valence-electron chi connectivity index (χ1n) is 8.45. The second-order valence-electron chi connectivity index (χ2n) is 6.51. The average Bonchev–Trinajstić information content (AvgIpc) is 2.64. The van der Waals surface area contributed by atoms with Gasteiger partial charge in [0.15, 0.2) is 0 Å². The van der Waals surface area contributed by atoms with Crippen LogP contribution in [0.5, 0.6) is 23.0 Å². The van der Waals surface area contributed by atoms with Gasteiger partial charge in [-0.25, -0.2) is 0 Å². The molecule has 1 saturated heterocycles. The van der Waals surface area contributed by atoms with Crippen LogP contribution < -0.4 is 4.74 Å². The fourth-order valence-electron chi connectivity index (χ4n) is 2.89. The van der Waals surface area contributed by atoms with Crippen LogP contribution in [0, 0.1) is 0 Å². The van der Waals surface area contributed by atoms with E-state index in [4.69, 9.17) is 9.47 Å². The molecule has 9 heteroatoms. The van der Waals surface area contributed by atoms with Crippen LogP contribution in [0.3, 0.4) is 0 Å². The van der Waals surface area contributed by atoms with E-state index < -0.39 is 48.0 Å². The molecule has 0 radical (unpaired) electrons. The molecule has 1 aliphatic rings. The van der Waals surface area contributed by atoms with E-state index in [9.17, 15) is 35.4 Å². The zero-order chi connectivity index (χ0) is 20.6. The molecule has 2 aromatic rings. The second kappa shape index (κ2) is 7.64. The Balaban J connectivity index is 1.84.